The van der Waals surface area contributed by atoms with Gasteiger partial charge in [0.25, 0.3) is 5.89 Å². The Labute approximate surface area is 132 Å². The standard InChI is InChI=1S/C14H8BrClFN3O/c15-11-5-7(1-2-12(11)17)13-19-14(21-20-13)8-3-9(16)6-10(18)4-8/h1-6H,18H2. The Kier molecular flexibility index (Phi) is 3.65. The van der Waals surface area contributed by atoms with Crippen molar-refractivity contribution in [2.24, 2.45) is 0 Å². The Morgan fingerprint density at radius 1 is 1.14 bits per heavy atom. The number of aromatic nitrogens is 2. The molecule has 0 amide bonds. The Morgan fingerprint density at radius 3 is 2.67 bits per heavy atom. The monoisotopic (exact) mass is 367 g/mol. The zero-order chi connectivity index (χ0) is 15.0. The fraction of sp³-hybridized carbons (Fsp3) is 0. The van der Waals surface area contributed by atoms with Gasteiger partial charge in [0.2, 0.25) is 5.82 Å². The smallest absolute Gasteiger partial charge is 0.258 e. The van der Waals surface area contributed by atoms with Crippen molar-refractivity contribution in [3.8, 4) is 22.8 Å². The minimum Gasteiger partial charge on any atom is -0.399 e. The van der Waals surface area contributed by atoms with Crippen LogP contribution in [0.15, 0.2) is 45.4 Å². The van der Waals surface area contributed by atoms with Gasteiger partial charge in [-0.15, -0.1) is 0 Å². The Bertz CT molecular complexity index is 801. The van der Waals surface area contributed by atoms with Gasteiger partial charge in [0.1, 0.15) is 5.82 Å². The van der Waals surface area contributed by atoms with E-state index in [1.165, 1.54) is 6.07 Å². The summed E-state index contributed by atoms with van der Waals surface area (Å²) < 4.78 is 18.8. The molecule has 0 aliphatic rings. The molecular weight excluding hydrogens is 361 g/mol. The number of hydrogen-bond acceptors (Lipinski definition) is 4. The van der Waals surface area contributed by atoms with Gasteiger partial charge in [0.15, 0.2) is 0 Å². The molecule has 21 heavy (non-hydrogen) atoms. The molecule has 0 radical (unpaired) electrons. The van der Waals surface area contributed by atoms with E-state index >= 15 is 0 Å². The molecule has 3 rings (SSSR count). The molecule has 0 aliphatic heterocycles. The lowest BCUT2D eigenvalue weighted by Gasteiger charge is -1.98. The molecule has 0 fully saturated rings. The van der Waals surface area contributed by atoms with Gasteiger partial charge < -0.3 is 10.3 Å². The largest absolute Gasteiger partial charge is 0.399 e. The fourth-order valence-corrected chi connectivity index (χ4v) is 2.45. The van der Waals surface area contributed by atoms with Crippen molar-refractivity contribution >= 4 is 33.2 Å². The van der Waals surface area contributed by atoms with E-state index in [0.717, 1.165) is 0 Å². The lowest BCUT2D eigenvalue weighted by molar-refractivity contribution is 0.432. The molecule has 2 N–H and O–H groups in total. The third kappa shape index (κ3) is 2.91. The first kappa shape index (κ1) is 14.0. The molecule has 106 valence electrons. The maximum Gasteiger partial charge on any atom is 0.258 e. The van der Waals surface area contributed by atoms with Crippen LogP contribution in [0.5, 0.6) is 0 Å². The number of nitrogens with zero attached hydrogens (tertiary/aromatic N) is 2. The van der Waals surface area contributed by atoms with Gasteiger partial charge in [0, 0.05) is 21.8 Å². The minimum atomic E-state index is -0.356. The third-order valence-corrected chi connectivity index (χ3v) is 3.60. The maximum atomic E-state index is 13.2. The second-order valence-corrected chi connectivity index (χ2v) is 5.62. The molecule has 0 saturated heterocycles. The summed E-state index contributed by atoms with van der Waals surface area (Å²) in [5, 5.41) is 4.36. The highest BCUT2D eigenvalue weighted by molar-refractivity contribution is 9.10. The van der Waals surface area contributed by atoms with Crippen LogP contribution in [0.4, 0.5) is 10.1 Å². The molecule has 0 spiro atoms. The highest BCUT2D eigenvalue weighted by atomic mass is 79.9. The van der Waals surface area contributed by atoms with Crippen molar-refractivity contribution in [3.05, 3.63) is 51.7 Å². The zero-order valence-electron chi connectivity index (χ0n) is 10.5. The van der Waals surface area contributed by atoms with Crippen molar-refractivity contribution in [2.45, 2.75) is 0 Å². The highest BCUT2D eigenvalue weighted by Crippen LogP contribution is 2.28. The summed E-state index contributed by atoms with van der Waals surface area (Å²) in [4.78, 5) is 4.27. The molecule has 1 heterocycles. The predicted molar refractivity (Wildman–Crippen MR) is 82.3 cm³/mol. The van der Waals surface area contributed by atoms with Gasteiger partial charge in [-0.3, -0.25) is 0 Å². The number of nitrogen functional groups attached to an aromatic ring is 1. The van der Waals surface area contributed by atoms with Crippen LogP contribution in [0, 0.1) is 5.82 Å². The minimum absolute atomic E-state index is 0.291. The first-order valence-corrected chi connectivity index (χ1v) is 7.05. The van der Waals surface area contributed by atoms with Gasteiger partial charge in [-0.1, -0.05) is 16.8 Å². The van der Waals surface area contributed by atoms with E-state index in [-0.39, 0.29) is 5.82 Å². The van der Waals surface area contributed by atoms with Crippen molar-refractivity contribution in [3.63, 3.8) is 0 Å². The molecule has 0 unspecified atom stereocenters. The predicted octanol–water partition coefficient (Wildman–Crippen LogP) is 4.54. The summed E-state index contributed by atoms with van der Waals surface area (Å²) in [5.41, 5.74) is 7.49. The molecule has 0 aliphatic carbocycles. The number of benzene rings is 2. The van der Waals surface area contributed by atoms with E-state index in [1.54, 1.807) is 30.3 Å². The lowest BCUT2D eigenvalue weighted by atomic mass is 10.2. The average Bonchev–Trinajstić information content (AvgIpc) is 2.90. The van der Waals surface area contributed by atoms with E-state index in [2.05, 4.69) is 26.1 Å². The quantitative estimate of drug-likeness (QED) is 0.674. The van der Waals surface area contributed by atoms with Crippen LogP contribution in [-0.4, -0.2) is 10.1 Å². The van der Waals surface area contributed by atoms with Crippen LogP contribution in [-0.2, 0) is 0 Å². The van der Waals surface area contributed by atoms with Crippen LogP contribution in [0.25, 0.3) is 22.8 Å². The summed E-state index contributed by atoms with van der Waals surface area (Å²) in [6.45, 7) is 0. The Hall–Kier alpha value is -1.92. The van der Waals surface area contributed by atoms with Crippen molar-refractivity contribution < 1.29 is 8.91 Å². The van der Waals surface area contributed by atoms with Crippen LogP contribution in [0.3, 0.4) is 0 Å². The molecule has 7 heteroatoms. The summed E-state index contributed by atoms with van der Waals surface area (Å²) in [7, 11) is 0. The average molecular weight is 369 g/mol. The normalized spacial score (nSPS) is 10.8. The second kappa shape index (κ2) is 5.46. The lowest BCUT2D eigenvalue weighted by Crippen LogP contribution is -1.87. The SMILES string of the molecule is Nc1cc(Cl)cc(-c2nc(-c3ccc(F)c(Br)c3)no2)c1. The number of nitrogens with two attached hydrogens (primary N) is 1. The van der Waals surface area contributed by atoms with E-state index in [4.69, 9.17) is 21.9 Å². The molecule has 0 saturated carbocycles. The summed E-state index contributed by atoms with van der Waals surface area (Å²) in [6.07, 6.45) is 0. The third-order valence-electron chi connectivity index (χ3n) is 2.77. The summed E-state index contributed by atoms with van der Waals surface area (Å²) in [6, 6.07) is 9.46. The van der Waals surface area contributed by atoms with Crippen molar-refractivity contribution in [2.75, 3.05) is 5.73 Å². The van der Waals surface area contributed by atoms with Gasteiger partial charge in [0.05, 0.1) is 4.47 Å². The second-order valence-electron chi connectivity index (χ2n) is 4.33. The van der Waals surface area contributed by atoms with Gasteiger partial charge >= 0.3 is 0 Å². The Morgan fingerprint density at radius 2 is 1.95 bits per heavy atom. The number of anilines is 1. The number of rotatable bonds is 2. The van der Waals surface area contributed by atoms with Crippen LogP contribution in [0.1, 0.15) is 0 Å². The van der Waals surface area contributed by atoms with E-state index < -0.39 is 0 Å². The number of hydrogen-bond donors (Lipinski definition) is 1. The highest BCUT2D eigenvalue weighted by Gasteiger charge is 2.13. The van der Waals surface area contributed by atoms with Crippen LogP contribution < -0.4 is 5.73 Å². The summed E-state index contributed by atoms with van der Waals surface area (Å²) >= 11 is 9.06. The maximum absolute atomic E-state index is 13.2. The first-order chi connectivity index (χ1) is 10.0. The van der Waals surface area contributed by atoms with Crippen LogP contribution >= 0.6 is 27.5 Å². The van der Waals surface area contributed by atoms with E-state index in [0.29, 0.717) is 38.0 Å². The molecule has 0 atom stereocenters. The van der Waals surface area contributed by atoms with Crippen molar-refractivity contribution in [1.82, 2.24) is 10.1 Å². The van der Waals surface area contributed by atoms with Crippen LogP contribution in [0.2, 0.25) is 5.02 Å². The zero-order valence-corrected chi connectivity index (χ0v) is 12.8. The molecule has 3 aromatic rings. The first-order valence-electron chi connectivity index (χ1n) is 5.88. The molecular formula is C14H8BrClFN3O. The van der Waals surface area contributed by atoms with Gasteiger partial charge in [-0.2, -0.15) is 4.98 Å². The van der Waals surface area contributed by atoms with Gasteiger partial charge in [-0.05, 0) is 52.3 Å². The van der Waals surface area contributed by atoms with Gasteiger partial charge in [-0.25, -0.2) is 4.39 Å². The number of halogens is 3. The molecule has 4 nitrogen and oxygen atoms in total. The molecule has 0 bridgehead atoms. The Balaban J connectivity index is 2.01. The topological polar surface area (TPSA) is 64.9 Å². The fourth-order valence-electron chi connectivity index (χ4n) is 1.83. The summed E-state index contributed by atoms with van der Waals surface area (Å²) in [5.74, 6) is 0.286. The molecule has 2 aromatic carbocycles. The molecule has 1 aromatic heterocycles. The van der Waals surface area contributed by atoms with Crippen molar-refractivity contribution in [1.29, 1.82) is 0 Å². The van der Waals surface area contributed by atoms with E-state index in [1.807, 2.05) is 0 Å². The van der Waals surface area contributed by atoms with E-state index in [9.17, 15) is 4.39 Å².